The van der Waals surface area contributed by atoms with E-state index in [9.17, 15) is 10.1 Å². The molecule has 1 aromatic heterocycles. The SMILES string of the molecule is CCC(C)n1ccc2c([N+](=O)[O-])cccc21. The molecule has 1 aromatic carbocycles. The summed E-state index contributed by atoms with van der Waals surface area (Å²) in [7, 11) is 0. The smallest absolute Gasteiger partial charge is 0.278 e. The summed E-state index contributed by atoms with van der Waals surface area (Å²) in [4.78, 5) is 10.5. The van der Waals surface area contributed by atoms with Crippen LogP contribution < -0.4 is 0 Å². The number of nitrogens with zero attached hydrogens (tertiary/aromatic N) is 2. The maximum atomic E-state index is 10.9. The lowest BCUT2D eigenvalue weighted by atomic mass is 10.2. The molecule has 0 aliphatic rings. The molecule has 0 saturated carbocycles. The molecule has 84 valence electrons. The van der Waals surface area contributed by atoms with E-state index < -0.39 is 0 Å². The summed E-state index contributed by atoms with van der Waals surface area (Å²) in [5.74, 6) is 0. The largest absolute Gasteiger partial charge is 0.344 e. The van der Waals surface area contributed by atoms with Gasteiger partial charge in [-0.1, -0.05) is 13.0 Å². The van der Waals surface area contributed by atoms with Gasteiger partial charge in [-0.25, -0.2) is 0 Å². The Bertz CT molecular complexity index is 531. The van der Waals surface area contributed by atoms with E-state index in [0.717, 1.165) is 11.9 Å². The van der Waals surface area contributed by atoms with Gasteiger partial charge in [0, 0.05) is 18.3 Å². The zero-order valence-corrected chi connectivity index (χ0v) is 9.38. The standard InChI is InChI=1S/C12H14N2O2/c1-3-9(2)13-8-7-10-11(13)5-4-6-12(10)14(15)16/h4-9H,3H2,1-2H3. The van der Waals surface area contributed by atoms with Crippen LogP contribution in [-0.4, -0.2) is 9.49 Å². The van der Waals surface area contributed by atoms with Gasteiger partial charge in [-0.3, -0.25) is 10.1 Å². The summed E-state index contributed by atoms with van der Waals surface area (Å²) >= 11 is 0. The molecule has 2 aromatic rings. The Morgan fingerprint density at radius 2 is 2.19 bits per heavy atom. The van der Waals surface area contributed by atoms with Crippen molar-refractivity contribution in [2.45, 2.75) is 26.3 Å². The van der Waals surface area contributed by atoms with E-state index in [0.29, 0.717) is 11.4 Å². The summed E-state index contributed by atoms with van der Waals surface area (Å²) in [6, 6.07) is 7.39. The van der Waals surface area contributed by atoms with E-state index in [4.69, 9.17) is 0 Å². The van der Waals surface area contributed by atoms with Crippen LogP contribution in [-0.2, 0) is 0 Å². The number of nitro benzene ring substituents is 1. The quantitative estimate of drug-likeness (QED) is 0.584. The highest BCUT2D eigenvalue weighted by Crippen LogP contribution is 2.28. The van der Waals surface area contributed by atoms with Gasteiger partial charge in [-0.05, 0) is 25.5 Å². The van der Waals surface area contributed by atoms with Crippen LogP contribution in [0.3, 0.4) is 0 Å². The number of hydrogen-bond donors (Lipinski definition) is 0. The summed E-state index contributed by atoms with van der Waals surface area (Å²) in [5, 5.41) is 11.6. The van der Waals surface area contributed by atoms with Crippen molar-refractivity contribution in [2.75, 3.05) is 0 Å². The van der Waals surface area contributed by atoms with Gasteiger partial charge in [0.05, 0.1) is 15.8 Å². The minimum atomic E-state index is -0.330. The Labute approximate surface area is 93.6 Å². The van der Waals surface area contributed by atoms with Crippen LogP contribution in [0.4, 0.5) is 5.69 Å². The van der Waals surface area contributed by atoms with E-state index in [1.807, 2.05) is 18.3 Å². The van der Waals surface area contributed by atoms with Gasteiger partial charge in [-0.2, -0.15) is 0 Å². The van der Waals surface area contributed by atoms with Crippen molar-refractivity contribution in [3.63, 3.8) is 0 Å². The van der Waals surface area contributed by atoms with Crippen LogP contribution in [0, 0.1) is 10.1 Å². The van der Waals surface area contributed by atoms with Gasteiger partial charge in [0.25, 0.3) is 5.69 Å². The van der Waals surface area contributed by atoms with Crippen molar-refractivity contribution in [3.05, 3.63) is 40.6 Å². The van der Waals surface area contributed by atoms with Crippen LogP contribution >= 0.6 is 0 Å². The molecule has 4 heteroatoms. The molecule has 0 amide bonds. The molecule has 4 nitrogen and oxygen atoms in total. The second-order valence-electron chi connectivity index (χ2n) is 3.95. The fraction of sp³-hybridized carbons (Fsp3) is 0.333. The highest BCUT2D eigenvalue weighted by molar-refractivity contribution is 5.89. The van der Waals surface area contributed by atoms with E-state index in [1.165, 1.54) is 0 Å². The van der Waals surface area contributed by atoms with Gasteiger partial charge in [0.15, 0.2) is 0 Å². The average Bonchev–Trinajstić information content (AvgIpc) is 2.71. The molecule has 1 heterocycles. The van der Waals surface area contributed by atoms with Crippen LogP contribution in [0.5, 0.6) is 0 Å². The third-order valence-corrected chi connectivity index (χ3v) is 3.00. The normalized spacial score (nSPS) is 12.9. The third-order valence-electron chi connectivity index (χ3n) is 3.00. The van der Waals surface area contributed by atoms with Crippen molar-refractivity contribution >= 4 is 16.6 Å². The van der Waals surface area contributed by atoms with E-state index in [-0.39, 0.29) is 10.6 Å². The molecule has 0 spiro atoms. The maximum Gasteiger partial charge on any atom is 0.278 e. The summed E-state index contributed by atoms with van der Waals surface area (Å²) in [6.07, 6.45) is 2.93. The zero-order chi connectivity index (χ0) is 11.7. The first-order chi connectivity index (χ1) is 7.65. The number of rotatable bonds is 3. The Kier molecular flexibility index (Phi) is 2.64. The van der Waals surface area contributed by atoms with E-state index in [1.54, 1.807) is 12.1 Å². The first kappa shape index (κ1) is 10.7. The first-order valence-electron chi connectivity index (χ1n) is 5.39. The maximum absolute atomic E-state index is 10.9. The lowest BCUT2D eigenvalue weighted by Crippen LogP contribution is -2.01. The Hall–Kier alpha value is -1.84. The predicted molar refractivity (Wildman–Crippen MR) is 63.6 cm³/mol. The minimum Gasteiger partial charge on any atom is -0.344 e. The minimum absolute atomic E-state index is 0.180. The molecule has 0 aliphatic heterocycles. The van der Waals surface area contributed by atoms with E-state index in [2.05, 4.69) is 18.4 Å². The molecule has 1 unspecified atom stereocenters. The Morgan fingerprint density at radius 1 is 1.44 bits per heavy atom. The molecule has 0 radical (unpaired) electrons. The molecular formula is C12H14N2O2. The lowest BCUT2D eigenvalue weighted by molar-refractivity contribution is -0.383. The Morgan fingerprint density at radius 3 is 2.81 bits per heavy atom. The Balaban J connectivity index is 2.66. The summed E-state index contributed by atoms with van der Waals surface area (Å²) in [6.45, 7) is 4.21. The van der Waals surface area contributed by atoms with Crippen LogP contribution in [0.2, 0.25) is 0 Å². The summed E-state index contributed by atoms with van der Waals surface area (Å²) < 4.78 is 2.09. The molecule has 0 aliphatic carbocycles. The monoisotopic (exact) mass is 218 g/mol. The molecular weight excluding hydrogens is 204 g/mol. The lowest BCUT2D eigenvalue weighted by Gasteiger charge is -2.12. The molecule has 0 N–H and O–H groups in total. The number of nitro groups is 1. The molecule has 0 fully saturated rings. The third kappa shape index (κ3) is 1.56. The number of aromatic nitrogens is 1. The second-order valence-corrected chi connectivity index (χ2v) is 3.95. The van der Waals surface area contributed by atoms with Crippen molar-refractivity contribution < 1.29 is 4.92 Å². The van der Waals surface area contributed by atoms with Crippen molar-refractivity contribution in [2.24, 2.45) is 0 Å². The van der Waals surface area contributed by atoms with Gasteiger partial charge >= 0.3 is 0 Å². The van der Waals surface area contributed by atoms with Crippen molar-refractivity contribution in [1.29, 1.82) is 0 Å². The number of benzene rings is 1. The van der Waals surface area contributed by atoms with Crippen molar-refractivity contribution in [1.82, 2.24) is 4.57 Å². The molecule has 2 rings (SSSR count). The average molecular weight is 218 g/mol. The van der Waals surface area contributed by atoms with Gasteiger partial charge < -0.3 is 4.57 Å². The topological polar surface area (TPSA) is 48.1 Å². The highest BCUT2D eigenvalue weighted by Gasteiger charge is 2.15. The van der Waals surface area contributed by atoms with Crippen LogP contribution in [0.15, 0.2) is 30.5 Å². The van der Waals surface area contributed by atoms with Gasteiger partial charge in [-0.15, -0.1) is 0 Å². The van der Waals surface area contributed by atoms with Crippen LogP contribution in [0.25, 0.3) is 10.9 Å². The fourth-order valence-electron chi connectivity index (χ4n) is 1.91. The number of non-ortho nitro benzene ring substituents is 1. The zero-order valence-electron chi connectivity index (χ0n) is 9.38. The molecule has 0 bridgehead atoms. The molecule has 1 atom stereocenters. The van der Waals surface area contributed by atoms with Crippen molar-refractivity contribution in [3.8, 4) is 0 Å². The second kappa shape index (κ2) is 3.96. The summed E-state index contributed by atoms with van der Waals surface area (Å²) in [5.41, 5.74) is 1.11. The first-order valence-corrected chi connectivity index (χ1v) is 5.39. The highest BCUT2D eigenvalue weighted by atomic mass is 16.6. The number of fused-ring (bicyclic) bond motifs is 1. The van der Waals surface area contributed by atoms with Gasteiger partial charge in [0.1, 0.15) is 0 Å². The molecule has 0 saturated heterocycles. The number of hydrogen-bond acceptors (Lipinski definition) is 2. The molecule has 16 heavy (non-hydrogen) atoms. The predicted octanol–water partition coefficient (Wildman–Crippen LogP) is 3.52. The van der Waals surface area contributed by atoms with E-state index >= 15 is 0 Å². The van der Waals surface area contributed by atoms with Crippen LogP contribution in [0.1, 0.15) is 26.3 Å². The van der Waals surface area contributed by atoms with Gasteiger partial charge in [0.2, 0.25) is 0 Å². The fourth-order valence-corrected chi connectivity index (χ4v) is 1.91.